The molecule has 2 saturated heterocycles. The number of allylic oxidation sites excluding steroid dienone is 1. The number of cyclic esters (lactones) is 1. The summed E-state index contributed by atoms with van der Waals surface area (Å²) in [6.45, 7) is 4.17. The zero-order valence-corrected chi connectivity index (χ0v) is 14.6. The van der Waals surface area contributed by atoms with E-state index in [1.165, 1.54) is 6.92 Å². The van der Waals surface area contributed by atoms with Gasteiger partial charge in [-0.1, -0.05) is 12.2 Å². The number of nitrogens with zero attached hydrogens (tertiary/aromatic N) is 1. The fourth-order valence-electron chi connectivity index (χ4n) is 3.83. The summed E-state index contributed by atoms with van der Waals surface area (Å²) < 4.78 is 11.1. The van der Waals surface area contributed by atoms with E-state index in [1.807, 2.05) is 6.08 Å². The van der Waals surface area contributed by atoms with E-state index in [1.54, 1.807) is 13.0 Å². The van der Waals surface area contributed by atoms with E-state index in [-0.39, 0.29) is 25.2 Å². The highest BCUT2D eigenvalue weighted by atomic mass is 16.6. The molecule has 0 bridgehead atoms. The van der Waals surface area contributed by atoms with Gasteiger partial charge in [0.15, 0.2) is 5.60 Å². The van der Waals surface area contributed by atoms with Crippen molar-refractivity contribution < 1.29 is 29.3 Å². The molecular weight excluding hydrogens is 326 g/mol. The minimum absolute atomic E-state index is 0.0394. The molecule has 4 atom stereocenters. The lowest BCUT2D eigenvalue weighted by Gasteiger charge is -2.32. The molecule has 0 aromatic carbocycles. The Balaban J connectivity index is 1.92. The second kappa shape index (κ2) is 6.90. The van der Waals surface area contributed by atoms with Gasteiger partial charge >= 0.3 is 11.9 Å². The van der Waals surface area contributed by atoms with Gasteiger partial charge in [0.05, 0.1) is 6.04 Å². The highest BCUT2D eigenvalue weighted by Gasteiger charge is 2.46. The quantitative estimate of drug-likeness (QED) is 0.395. The molecular formula is C18H25NO6. The van der Waals surface area contributed by atoms with E-state index < -0.39 is 30.1 Å². The monoisotopic (exact) mass is 351 g/mol. The van der Waals surface area contributed by atoms with Crippen molar-refractivity contribution in [3.05, 3.63) is 23.3 Å². The Bertz CT molecular complexity index is 623. The molecule has 0 amide bonds. The van der Waals surface area contributed by atoms with Gasteiger partial charge in [-0.15, -0.1) is 0 Å². The number of aliphatic hydroxyl groups excluding tert-OH is 1. The third kappa shape index (κ3) is 3.23. The molecule has 3 aliphatic rings. The third-order valence-corrected chi connectivity index (χ3v) is 5.55. The van der Waals surface area contributed by atoms with E-state index in [4.69, 9.17) is 9.47 Å². The average molecular weight is 351 g/mol. The summed E-state index contributed by atoms with van der Waals surface area (Å²) in [6, 6.07) is -0.0760. The number of aliphatic hydroxyl groups is 2. The van der Waals surface area contributed by atoms with Crippen LogP contribution >= 0.6 is 0 Å². The average Bonchev–Trinajstić information content (AvgIpc) is 3.15. The molecule has 138 valence electrons. The molecule has 2 N–H and O–H groups in total. The van der Waals surface area contributed by atoms with Crippen molar-refractivity contribution in [1.29, 1.82) is 0 Å². The van der Waals surface area contributed by atoms with Crippen LogP contribution in [0.3, 0.4) is 0 Å². The fourth-order valence-corrected chi connectivity index (χ4v) is 3.83. The number of esters is 2. The van der Waals surface area contributed by atoms with Crippen molar-refractivity contribution in [3.8, 4) is 0 Å². The van der Waals surface area contributed by atoms with Gasteiger partial charge in [-0.2, -0.15) is 0 Å². The summed E-state index contributed by atoms with van der Waals surface area (Å²) in [5.41, 5.74) is -0.659. The number of ether oxygens (including phenoxy) is 2. The Hall–Kier alpha value is -1.70. The molecule has 3 heterocycles. The summed E-state index contributed by atoms with van der Waals surface area (Å²) in [7, 11) is 0. The van der Waals surface area contributed by atoms with E-state index in [9.17, 15) is 19.8 Å². The van der Waals surface area contributed by atoms with E-state index >= 15 is 0 Å². The molecule has 0 spiro atoms. The normalized spacial score (nSPS) is 38.5. The maximum absolute atomic E-state index is 12.6. The number of rotatable bonds is 1. The molecule has 0 aromatic rings. The van der Waals surface area contributed by atoms with Crippen LogP contribution in [-0.4, -0.2) is 71.1 Å². The maximum Gasteiger partial charge on any atom is 0.338 e. The predicted octanol–water partition coefficient (Wildman–Crippen LogP) is 0.165. The van der Waals surface area contributed by atoms with E-state index in [0.717, 1.165) is 25.1 Å². The van der Waals surface area contributed by atoms with Gasteiger partial charge in [-0.25, -0.2) is 9.59 Å². The second-order valence-corrected chi connectivity index (χ2v) is 7.07. The van der Waals surface area contributed by atoms with Crippen LogP contribution < -0.4 is 0 Å². The first kappa shape index (κ1) is 18.1. The molecule has 0 aliphatic carbocycles. The van der Waals surface area contributed by atoms with Crippen LogP contribution in [0.1, 0.15) is 26.7 Å². The largest absolute Gasteiger partial charge is 0.459 e. The summed E-state index contributed by atoms with van der Waals surface area (Å²) in [4.78, 5) is 27.2. The second-order valence-electron chi connectivity index (χ2n) is 7.07. The Kier molecular flexibility index (Phi) is 4.99. The molecule has 3 rings (SSSR count). The summed E-state index contributed by atoms with van der Waals surface area (Å²) >= 11 is 0. The lowest BCUT2D eigenvalue weighted by molar-refractivity contribution is -0.171. The minimum atomic E-state index is -1.89. The van der Waals surface area contributed by atoms with Gasteiger partial charge in [0.2, 0.25) is 0 Å². The molecule has 0 radical (unpaired) electrons. The predicted molar refractivity (Wildman–Crippen MR) is 88.5 cm³/mol. The SMILES string of the molecule is C/C=C1/CC(CO)[C@@](C)(O)C(=O)OCC2=CCN3CC[C@@H](OC1=O)[C@@H]23. The van der Waals surface area contributed by atoms with Crippen molar-refractivity contribution in [2.75, 3.05) is 26.3 Å². The van der Waals surface area contributed by atoms with Gasteiger partial charge < -0.3 is 19.7 Å². The summed E-state index contributed by atoms with van der Waals surface area (Å²) in [5.74, 6) is -2.10. The van der Waals surface area contributed by atoms with Crippen LogP contribution in [0.4, 0.5) is 0 Å². The zero-order valence-electron chi connectivity index (χ0n) is 14.6. The Morgan fingerprint density at radius 1 is 1.44 bits per heavy atom. The number of hydrogen-bond acceptors (Lipinski definition) is 7. The number of carbonyl (C=O) groups excluding carboxylic acids is 2. The first-order valence-corrected chi connectivity index (χ1v) is 8.68. The number of carbonyl (C=O) groups is 2. The Morgan fingerprint density at radius 3 is 2.88 bits per heavy atom. The molecule has 0 aromatic heterocycles. The van der Waals surface area contributed by atoms with Crippen molar-refractivity contribution in [3.63, 3.8) is 0 Å². The van der Waals surface area contributed by atoms with E-state index in [0.29, 0.717) is 5.57 Å². The van der Waals surface area contributed by atoms with Crippen molar-refractivity contribution in [1.82, 2.24) is 4.90 Å². The van der Waals surface area contributed by atoms with Gasteiger partial charge in [-0.3, -0.25) is 4.90 Å². The molecule has 1 unspecified atom stereocenters. The maximum atomic E-state index is 12.6. The lowest BCUT2D eigenvalue weighted by atomic mass is 9.84. The molecule has 3 aliphatic heterocycles. The highest BCUT2D eigenvalue weighted by molar-refractivity contribution is 5.89. The molecule has 25 heavy (non-hydrogen) atoms. The lowest BCUT2D eigenvalue weighted by Crippen LogP contribution is -2.47. The molecule has 7 nitrogen and oxygen atoms in total. The summed E-state index contributed by atoms with van der Waals surface area (Å²) in [5, 5.41) is 20.2. The molecule has 0 saturated carbocycles. The fraction of sp³-hybridized carbons (Fsp3) is 0.667. The first-order chi connectivity index (χ1) is 11.9. The van der Waals surface area contributed by atoms with Crippen LogP contribution in [0.25, 0.3) is 0 Å². The standard InChI is InChI=1S/C18H25NO6/c1-3-11-8-13(9-20)18(2,23)17(22)24-10-12-4-6-19-7-5-14(15(12)19)25-16(11)21/h3-4,13-15,20,23H,5-10H2,1-2H3/b11-3-/t13?,14-,15-,18-/m1/s1. The molecule has 7 heteroatoms. The molecule has 2 fully saturated rings. The van der Waals surface area contributed by atoms with Crippen LogP contribution in [0, 0.1) is 5.92 Å². The van der Waals surface area contributed by atoms with Crippen LogP contribution in [0.5, 0.6) is 0 Å². The minimum Gasteiger partial charge on any atom is -0.459 e. The van der Waals surface area contributed by atoms with Crippen molar-refractivity contribution >= 4 is 11.9 Å². The highest BCUT2D eigenvalue weighted by Crippen LogP contribution is 2.34. The van der Waals surface area contributed by atoms with Crippen LogP contribution in [-0.2, 0) is 19.1 Å². The van der Waals surface area contributed by atoms with Gasteiger partial charge in [0, 0.05) is 31.2 Å². The number of hydrogen-bond donors (Lipinski definition) is 2. The van der Waals surface area contributed by atoms with Crippen molar-refractivity contribution in [2.24, 2.45) is 5.92 Å². The zero-order chi connectivity index (χ0) is 18.2. The smallest absolute Gasteiger partial charge is 0.338 e. The topological polar surface area (TPSA) is 96.3 Å². The van der Waals surface area contributed by atoms with E-state index in [2.05, 4.69) is 4.90 Å². The van der Waals surface area contributed by atoms with Gasteiger partial charge in [0.25, 0.3) is 0 Å². The van der Waals surface area contributed by atoms with Gasteiger partial charge in [0.1, 0.15) is 12.7 Å². The van der Waals surface area contributed by atoms with Crippen molar-refractivity contribution in [2.45, 2.75) is 44.4 Å². The van der Waals surface area contributed by atoms with Gasteiger partial charge in [-0.05, 0) is 32.3 Å². The van der Waals surface area contributed by atoms with Crippen LogP contribution in [0.2, 0.25) is 0 Å². The summed E-state index contributed by atoms with van der Waals surface area (Å²) in [6.07, 6.45) is 4.09. The third-order valence-electron chi connectivity index (χ3n) is 5.55. The first-order valence-electron chi connectivity index (χ1n) is 8.68. The van der Waals surface area contributed by atoms with Crippen LogP contribution in [0.15, 0.2) is 23.3 Å². The Labute approximate surface area is 146 Å². The Morgan fingerprint density at radius 2 is 2.20 bits per heavy atom.